The Kier molecular flexibility index (Phi) is 3.04. The van der Waals surface area contributed by atoms with E-state index in [-0.39, 0.29) is 17.1 Å². The highest BCUT2D eigenvalue weighted by Gasteiger charge is 2.20. The molecule has 0 unspecified atom stereocenters. The fourth-order valence-corrected chi connectivity index (χ4v) is 2.68. The fourth-order valence-electron chi connectivity index (χ4n) is 2.68. The lowest BCUT2D eigenvalue weighted by Gasteiger charge is -2.15. The summed E-state index contributed by atoms with van der Waals surface area (Å²) < 4.78 is 3.40. The summed E-state index contributed by atoms with van der Waals surface area (Å²) in [5.74, 6) is 0. The van der Waals surface area contributed by atoms with Crippen molar-refractivity contribution < 1.29 is 0 Å². The van der Waals surface area contributed by atoms with Gasteiger partial charge in [0.2, 0.25) is 0 Å². The SMILES string of the molecule is Cc1nn(C)c(C)c1[C@H](C)n1cnc2nccnc2c1=O. The molecule has 0 aliphatic heterocycles. The van der Waals surface area contributed by atoms with Crippen LogP contribution in [0.1, 0.15) is 29.9 Å². The molecule has 21 heavy (non-hydrogen) atoms. The zero-order valence-corrected chi connectivity index (χ0v) is 12.4. The van der Waals surface area contributed by atoms with Gasteiger partial charge in [-0.1, -0.05) is 0 Å². The van der Waals surface area contributed by atoms with Crippen LogP contribution in [-0.2, 0) is 7.05 Å². The molecule has 0 amide bonds. The van der Waals surface area contributed by atoms with Crippen molar-refractivity contribution in [2.45, 2.75) is 26.8 Å². The molecular formula is C14H16N6O. The Morgan fingerprint density at radius 2 is 1.86 bits per heavy atom. The van der Waals surface area contributed by atoms with Crippen LogP contribution in [0.4, 0.5) is 0 Å². The Morgan fingerprint density at radius 3 is 2.52 bits per heavy atom. The first-order valence-corrected chi connectivity index (χ1v) is 6.68. The Labute approximate surface area is 121 Å². The average Bonchev–Trinajstić information content (AvgIpc) is 2.72. The van der Waals surface area contributed by atoms with Crippen LogP contribution in [0.2, 0.25) is 0 Å². The molecule has 0 radical (unpaired) electrons. The van der Waals surface area contributed by atoms with Crippen LogP contribution in [-0.4, -0.2) is 29.3 Å². The van der Waals surface area contributed by atoms with E-state index in [1.54, 1.807) is 4.57 Å². The summed E-state index contributed by atoms with van der Waals surface area (Å²) in [5, 5.41) is 4.40. The lowest BCUT2D eigenvalue weighted by molar-refractivity contribution is 0.599. The van der Waals surface area contributed by atoms with Gasteiger partial charge in [-0.3, -0.25) is 14.0 Å². The molecule has 0 aliphatic carbocycles. The molecule has 3 rings (SSSR count). The summed E-state index contributed by atoms with van der Waals surface area (Å²) in [5.41, 5.74) is 3.43. The van der Waals surface area contributed by atoms with Crippen molar-refractivity contribution in [1.82, 2.24) is 29.3 Å². The molecule has 0 saturated heterocycles. The van der Waals surface area contributed by atoms with E-state index in [1.807, 2.05) is 32.5 Å². The Hall–Kier alpha value is -2.57. The van der Waals surface area contributed by atoms with Gasteiger partial charge in [-0.15, -0.1) is 0 Å². The first-order chi connectivity index (χ1) is 10.0. The van der Waals surface area contributed by atoms with E-state index in [1.165, 1.54) is 18.7 Å². The fraction of sp³-hybridized carbons (Fsp3) is 0.357. The molecule has 0 saturated carbocycles. The molecule has 7 nitrogen and oxygen atoms in total. The van der Waals surface area contributed by atoms with Crippen molar-refractivity contribution in [3.05, 3.63) is 46.0 Å². The summed E-state index contributed by atoms with van der Waals surface area (Å²) in [6.07, 6.45) is 4.55. The van der Waals surface area contributed by atoms with Crippen LogP contribution >= 0.6 is 0 Å². The topological polar surface area (TPSA) is 78.5 Å². The molecule has 108 valence electrons. The van der Waals surface area contributed by atoms with Gasteiger partial charge in [0.25, 0.3) is 5.56 Å². The third-order valence-electron chi connectivity index (χ3n) is 3.82. The van der Waals surface area contributed by atoms with Crippen molar-refractivity contribution in [3.8, 4) is 0 Å². The maximum absolute atomic E-state index is 12.6. The minimum absolute atomic E-state index is 0.162. The summed E-state index contributed by atoms with van der Waals surface area (Å²) in [7, 11) is 1.89. The van der Waals surface area contributed by atoms with E-state index in [9.17, 15) is 4.79 Å². The largest absolute Gasteiger partial charge is 0.290 e. The molecule has 0 spiro atoms. The van der Waals surface area contributed by atoms with Gasteiger partial charge in [0.05, 0.1) is 11.7 Å². The summed E-state index contributed by atoms with van der Waals surface area (Å²) in [6, 6.07) is -0.162. The summed E-state index contributed by atoms with van der Waals surface area (Å²) >= 11 is 0. The van der Waals surface area contributed by atoms with Gasteiger partial charge in [0, 0.05) is 30.7 Å². The Morgan fingerprint density at radius 1 is 1.14 bits per heavy atom. The minimum Gasteiger partial charge on any atom is -0.290 e. The quantitative estimate of drug-likeness (QED) is 0.705. The molecular weight excluding hydrogens is 268 g/mol. The predicted molar refractivity (Wildman–Crippen MR) is 78.1 cm³/mol. The zero-order valence-electron chi connectivity index (χ0n) is 12.4. The van der Waals surface area contributed by atoms with Crippen LogP contribution in [0.5, 0.6) is 0 Å². The number of fused-ring (bicyclic) bond motifs is 1. The maximum atomic E-state index is 12.6. The third-order valence-corrected chi connectivity index (χ3v) is 3.82. The van der Waals surface area contributed by atoms with Crippen molar-refractivity contribution >= 4 is 11.2 Å². The van der Waals surface area contributed by atoms with E-state index in [2.05, 4.69) is 20.1 Å². The minimum atomic E-state index is -0.191. The van der Waals surface area contributed by atoms with E-state index < -0.39 is 0 Å². The number of hydrogen-bond donors (Lipinski definition) is 0. The van der Waals surface area contributed by atoms with E-state index in [4.69, 9.17) is 0 Å². The lowest BCUT2D eigenvalue weighted by atomic mass is 10.1. The van der Waals surface area contributed by atoms with E-state index >= 15 is 0 Å². The van der Waals surface area contributed by atoms with Crippen LogP contribution in [0.25, 0.3) is 11.2 Å². The summed E-state index contributed by atoms with van der Waals surface area (Å²) in [4.78, 5) is 24.9. The smallest absolute Gasteiger partial charge is 0.282 e. The van der Waals surface area contributed by atoms with Gasteiger partial charge in [-0.2, -0.15) is 5.10 Å². The second kappa shape index (κ2) is 4.76. The van der Waals surface area contributed by atoms with Crippen LogP contribution in [0.15, 0.2) is 23.5 Å². The zero-order chi connectivity index (χ0) is 15.1. The molecule has 0 aliphatic rings. The Bertz CT molecular complexity index is 879. The van der Waals surface area contributed by atoms with Crippen molar-refractivity contribution in [2.75, 3.05) is 0 Å². The van der Waals surface area contributed by atoms with Gasteiger partial charge in [-0.05, 0) is 20.8 Å². The number of hydrogen-bond acceptors (Lipinski definition) is 5. The molecule has 7 heteroatoms. The molecule has 0 N–H and O–H groups in total. The molecule has 3 heterocycles. The second-order valence-electron chi connectivity index (χ2n) is 5.07. The molecule has 3 aromatic heterocycles. The molecule has 0 aromatic carbocycles. The first-order valence-electron chi connectivity index (χ1n) is 6.68. The maximum Gasteiger partial charge on any atom is 0.282 e. The van der Waals surface area contributed by atoms with Crippen LogP contribution in [0.3, 0.4) is 0 Å². The van der Waals surface area contributed by atoms with Crippen LogP contribution in [0, 0.1) is 13.8 Å². The first kappa shape index (κ1) is 13.4. The highest BCUT2D eigenvalue weighted by atomic mass is 16.1. The highest BCUT2D eigenvalue weighted by Crippen LogP contribution is 2.23. The van der Waals surface area contributed by atoms with Gasteiger partial charge >= 0.3 is 0 Å². The Balaban J connectivity index is 2.20. The monoisotopic (exact) mass is 284 g/mol. The lowest BCUT2D eigenvalue weighted by Crippen LogP contribution is -2.26. The van der Waals surface area contributed by atoms with Crippen LogP contribution < -0.4 is 5.56 Å². The number of aromatic nitrogens is 6. The normalized spacial score (nSPS) is 12.8. The second-order valence-corrected chi connectivity index (χ2v) is 5.07. The number of nitrogens with zero attached hydrogens (tertiary/aromatic N) is 6. The summed E-state index contributed by atoms with van der Waals surface area (Å²) in [6.45, 7) is 5.89. The standard InChI is InChI=1S/C14H16N6O/c1-8-11(9(2)19(4)18-8)10(3)20-7-17-13-12(14(20)21)15-5-6-16-13/h5-7,10H,1-4H3/t10-/m0/s1. The van der Waals surface area contributed by atoms with Crippen molar-refractivity contribution in [3.63, 3.8) is 0 Å². The molecule has 0 fully saturated rings. The molecule has 1 atom stereocenters. The third kappa shape index (κ3) is 2.01. The highest BCUT2D eigenvalue weighted by molar-refractivity contribution is 5.67. The average molecular weight is 284 g/mol. The number of rotatable bonds is 2. The number of aryl methyl sites for hydroxylation is 2. The van der Waals surface area contributed by atoms with Gasteiger partial charge in [-0.25, -0.2) is 15.0 Å². The molecule has 3 aromatic rings. The van der Waals surface area contributed by atoms with Gasteiger partial charge in [0.1, 0.15) is 6.33 Å². The van der Waals surface area contributed by atoms with Gasteiger partial charge in [0.15, 0.2) is 11.2 Å². The van der Waals surface area contributed by atoms with Crippen molar-refractivity contribution in [1.29, 1.82) is 0 Å². The van der Waals surface area contributed by atoms with E-state index in [0.717, 1.165) is 17.0 Å². The van der Waals surface area contributed by atoms with Crippen molar-refractivity contribution in [2.24, 2.45) is 7.05 Å². The predicted octanol–water partition coefficient (Wildman–Crippen LogP) is 1.15. The van der Waals surface area contributed by atoms with Gasteiger partial charge < -0.3 is 0 Å². The molecule has 0 bridgehead atoms. The van der Waals surface area contributed by atoms with E-state index in [0.29, 0.717) is 5.65 Å².